The Hall–Kier alpha value is -0.0400. The molecule has 5 heteroatoms. The van der Waals surface area contributed by atoms with Gasteiger partial charge in [0.1, 0.15) is 0 Å². The van der Waals surface area contributed by atoms with E-state index in [-0.39, 0.29) is 24.0 Å². The van der Waals surface area contributed by atoms with Crippen LogP contribution in [0.2, 0.25) is 0 Å². The molecule has 4 nitrogen and oxygen atoms in total. The van der Waals surface area contributed by atoms with Crippen molar-refractivity contribution in [3.05, 3.63) is 0 Å². The first-order chi connectivity index (χ1) is 9.77. The lowest BCUT2D eigenvalue weighted by Crippen LogP contribution is -2.54. The van der Waals surface area contributed by atoms with Crippen molar-refractivity contribution in [1.82, 2.24) is 10.2 Å². The summed E-state index contributed by atoms with van der Waals surface area (Å²) in [5.41, 5.74) is 6.29. The second-order valence-electron chi connectivity index (χ2n) is 6.46. The lowest BCUT2D eigenvalue weighted by molar-refractivity contribution is 0.0407. The van der Waals surface area contributed by atoms with E-state index < -0.39 is 0 Å². The molecular weight excluding hydrogens is 375 g/mol. The number of guanidine groups is 1. The molecule has 0 spiro atoms. The van der Waals surface area contributed by atoms with Gasteiger partial charge in [-0.15, -0.1) is 24.0 Å². The van der Waals surface area contributed by atoms with Gasteiger partial charge in [0.2, 0.25) is 0 Å². The van der Waals surface area contributed by atoms with Crippen LogP contribution in [0, 0.1) is 0 Å². The minimum absolute atomic E-state index is 0. The average molecular weight is 408 g/mol. The van der Waals surface area contributed by atoms with Crippen LogP contribution in [-0.4, -0.2) is 42.6 Å². The number of piperidine rings is 1. The number of halogens is 1. The highest BCUT2D eigenvalue weighted by Gasteiger charge is 2.38. The molecule has 21 heavy (non-hydrogen) atoms. The predicted octanol–water partition coefficient (Wildman–Crippen LogP) is 3.11. The van der Waals surface area contributed by atoms with E-state index >= 15 is 0 Å². The fourth-order valence-electron chi connectivity index (χ4n) is 3.69. The van der Waals surface area contributed by atoms with Crippen molar-refractivity contribution in [1.29, 1.82) is 0 Å². The highest BCUT2D eigenvalue weighted by Crippen LogP contribution is 2.35. The third kappa shape index (κ3) is 5.58. The van der Waals surface area contributed by atoms with Crippen LogP contribution in [-0.2, 0) is 0 Å². The molecule has 1 heterocycles. The second-order valence-corrected chi connectivity index (χ2v) is 6.46. The molecule has 0 aromatic rings. The smallest absolute Gasteiger partial charge is 0.188 e. The largest absolute Gasteiger partial charge is 0.370 e. The van der Waals surface area contributed by atoms with Crippen molar-refractivity contribution in [3.63, 3.8) is 0 Å². The topological polar surface area (TPSA) is 53.6 Å². The highest BCUT2D eigenvalue weighted by atomic mass is 127. The van der Waals surface area contributed by atoms with Gasteiger partial charge in [0, 0.05) is 12.1 Å². The standard InChI is InChI=1S/C16H32N4.HI/c1-2-11-18-15(17)19-14-16(9-5-3-6-10-16)20-12-7-4-8-13-20;/h2-14H2,1H3,(H3,17,18,19);1H. The molecule has 0 bridgehead atoms. The highest BCUT2D eigenvalue weighted by molar-refractivity contribution is 14.0. The Kier molecular flexibility index (Phi) is 8.94. The van der Waals surface area contributed by atoms with E-state index in [1.807, 2.05) is 0 Å². The fourth-order valence-corrected chi connectivity index (χ4v) is 3.69. The van der Waals surface area contributed by atoms with E-state index in [2.05, 4.69) is 22.1 Å². The van der Waals surface area contributed by atoms with Crippen LogP contribution >= 0.6 is 24.0 Å². The van der Waals surface area contributed by atoms with Crippen LogP contribution < -0.4 is 11.1 Å². The van der Waals surface area contributed by atoms with Gasteiger partial charge in [-0.2, -0.15) is 0 Å². The SMILES string of the molecule is CCCNC(N)=NCC1(N2CCCCC2)CCCCC1.I. The summed E-state index contributed by atoms with van der Waals surface area (Å²) in [6.07, 6.45) is 11.9. The molecule has 0 aromatic carbocycles. The number of hydrogen-bond acceptors (Lipinski definition) is 2. The van der Waals surface area contributed by atoms with E-state index in [0.717, 1.165) is 19.5 Å². The van der Waals surface area contributed by atoms with Crippen molar-refractivity contribution in [3.8, 4) is 0 Å². The lowest BCUT2D eigenvalue weighted by Gasteiger charge is -2.47. The van der Waals surface area contributed by atoms with Gasteiger partial charge >= 0.3 is 0 Å². The second kappa shape index (κ2) is 9.87. The minimum atomic E-state index is 0. The van der Waals surface area contributed by atoms with E-state index in [9.17, 15) is 0 Å². The quantitative estimate of drug-likeness (QED) is 0.418. The third-order valence-electron chi connectivity index (χ3n) is 4.91. The van der Waals surface area contributed by atoms with Crippen molar-refractivity contribution in [2.45, 2.75) is 70.3 Å². The van der Waals surface area contributed by atoms with Gasteiger partial charge in [-0.25, -0.2) is 0 Å². The third-order valence-corrected chi connectivity index (χ3v) is 4.91. The van der Waals surface area contributed by atoms with Crippen molar-refractivity contribution in [2.24, 2.45) is 10.7 Å². The number of nitrogens with zero attached hydrogens (tertiary/aromatic N) is 2. The molecule has 0 amide bonds. The molecule has 1 aliphatic carbocycles. The molecule has 2 aliphatic rings. The Bertz CT molecular complexity index is 307. The molecule has 1 saturated carbocycles. The maximum absolute atomic E-state index is 5.99. The first-order valence-electron chi connectivity index (χ1n) is 8.56. The maximum Gasteiger partial charge on any atom is 0.188 e. The number of rotatable bonds is 5. The number of nitrogens with two attached hydrogens (primary N) is 1. The van der Waals surface area contributed by atoms with E-state index in [0.29, 0.717) is 11.5 Å². The molecule has 1 saturated heterocycles. The monoisotopic (exact) mass is 408 g/mol. The molecule has 0 atom stereocenters. The van der Waals surface area contributed by atoms with Gasteiger partial charge in [-0.05, 0) is 45.2 Å². The summed E-state index contributed by atoms with van der Waals surface area (Å²) >= 11 is 0. The van der Waals surface area contributed by atoms with Crippen molar-refractivity contribution in [2.75, 3.05) is 26.2 Å². The number of hydrogen-bond donors (Lipinski definition) is 2. The van der Waals surface area contributed by atoms with E-state index in [4.69, 9.17) is 5.73 Å². The van der Waals surface area contributed by atoms with Crippen LogP contribution in [0.25, 0.3) is 0 Å². The van der Waals surface area contributed by atoms with E-state index in [1.54, 1.807) is 0 Å². The van der Waals surface area contributed by atoms with Crippen LogP contribution in [0.3, 0.4) is 0 Å². The Labute approximate surface area is 147 Å². The van der Waals surface area contributed by atoms with Crippen LogP contribution in [0.4, 0.5) is 0 Å². The predicted molar refractivity (Wildman–Crippen MR) is 101 cm³/mol. The summed E-state index contributed by atoms with van der Waals surface area (Å²) < 4.78 is 0. The number of aliphatic imine (C=N–C) groups is 1. The number of nitrogens with one attached hydrogen (secondary N) is 1. The van der Waals surface area contributed by atoms with Gasteiger partial charge < -0.3 is 11.1 Å². The summed E-state index contributed by atoms with van der Waals surface area (Å²) in [7, 11) is 0. The molecule has 124 valence electrons. The molecule has 0 radical (unpaired) electrons. The molecule has 2 rings (SSSR count). The van der Waals surface area contributed by atoms with Gasteiger partial charge in [-0.1, -0.05) is 32.6 Å². The first-order valence-corrected chi connectivity index (χ1v) is 8.56. The van der Waals surface area contributed by atoms with Crippen LogP contribution in [0.5, 0.6) is 0 Å². The van der Waals surface area contributed by atoms with Crippen molar-refractivity contribution >= 4 is 29.9 Å². The zero-order valence-corrected chi connectivity index (χ0v) is 15.9. The van der Waals surface area contributed by atoms with Crippen LogP contribution in [0.1, 0.15) is 64.7 Å². The fraction of sp³-hybridized carbons (Fsp3) is 0.938. The van der Waals surface area contributed by atoms with Crippen molar-refractivity contribution < 1.29 is 0 Å². The summed E-state index contributed by atoms with van der Waals surface area (Å²) in [6, 6.07) is 0. The Morgan fingerprint density at radius 1 is 1.10 bits per heavy atom. The molecule has 0 aromatic heterocycles. The van der Waals surface area contributed by atoms with Gasteiger partial charge in [-0.3, -0.25) is 9.89 Å². The first kappa shape index (κ1) is 19.0. The van der Waals surface area contributed by atoms with E-state index in [1.165, 1.54) is 64.5 Å². The normalized spacial score (nSPS) is 23.4. The Balaban J connectivity index is 0.00000220. The van der Waals surface area contributed by atoms with Gasteiger partial charge in [0.25, 0.3) is 0 Å². The molecule has 2 fully saturated rings. The molecule has 0 unspecified atom stereocenters. The zero-order valence-electron chi connectivity index (χ0n) is 13.6. The van der Waals surface area contributed by atoms with Crippen LogP contribution in [0.15, 0.2) is 4.99 Å². The number of likely N-dealkylation sites (tertiary alicyclic amines) is 1. The molecule has 1 aliphatic heterocycles. The summed E-state index contributed by atoms with van der Waals surface area (Å²) in [4.78, 5) is 7.40. The summed E-state index contributed by atoms with van der Waals surface area (Å²) in [6.45, 7) is 6.48. The maximum atomic E-state index is 5.99. The minimum Gasteiger partial charge on any atom is -0.370 e. The van der Waals surface area contributed by atoms with Gasteiger partial charge in [0.15, 0.2) is 5.96 Å². The summed E-state index contributed by atoms with van der Waals surface area (Å²) in [5.74, 6) is 0.633. The summed E-state index contributed by atoms with van der Waals surface area (Å²) in [5, 5.41) is 3.20. The molecular formula is C16H33IN4. The lowest BCUT2D eigenvalue weighted by atomic mass is 9.79. The van der Waals surface area contributed by atoms with Gasteiger partial charge in [0.05, 0.1) is 6.54 Å². The Morgan fingerprint density at radius 2 is 1.71 bits per heavy atom. The Morgan fingerprint density at radius 3 is 2.33 bits per heavy atom. The average Bonchev–Trinajstić information content (AvgIpc) is 2.52. The zero-order chi connectivity index (χ0) is 14.3. The molecule has 3 N–H and O–H groups in total.